The normalized spacial score (nSPS) is 8.50. The molecule has 5 nitrogen and oxygen atoms in total. The Morgan fingerprint density at radius 3 is 1.44 bits per heavy atom. The Hall–Kier alpha value is -0.226. The van der Waals surface area contributed by atoms with E-state index in [0.717, 1.165) is 6.42 Å². The molecule has 0 bridgehead atoms. The van der Waals surface area contributed by atoms with E-state index in [2.05, 4.69) is 0 Å². The molecule has 0 unspecified atom stereocenters. The summed E-state index contributed by atoms with van der Waals surface area (Å²) in [7, 11) is 0. The van der Waals surface area contributed by atoms with Crippen LogP contribution in [-0.2, 0) is 31.3 Å². The van der Waals surface area contributed by atoms with Crippen LogP contribution in [0.25, 0.3) is 0 Å². The van der Waals surface area contributed by atoms with Crippen molar-refractivity contribution < 1.29 is 46.6 Å². The second kappa shape index (κ2) is 19.1. The van der Waals surface area contributed by atoms with E-state index in [1.54, 1.807) is 27.7 Å². The Labute approximate surface area is 124 Å². The van der Waals surface area contributed by atoms with Gasteiger partial charge in [0.1, 0.15) is 12.2 Å². The number of carboxylic acid groups (broad SMARTS) is 1. The van der Waals surface area contributed by atoms with Crippen molar-refractivity contribution in [3.63, 3.8) is 0 Å². The summed E-state index contributed by atoms with van der Waals surface area (Å²) in [6.07, 6.45) is 0.451. The van der Waals surface area contributed by atoms with Crippen molar-refractivity contribution in [3.8, 4) is 0 Å². The maximum Gasteiger partial charge on any atom is 0.310 e. The van der Waals surface area contributed by atoms with Crippen molar-refractivity contribution in [2.75, 3.05) is 0 Å². The summed E-state index contributed by atoms with van der Waals surface area (Å²) in [5, 5.41) is 24.2. The van der Waals surface area contributed by atoms with Crippen LogP contribution < -0.4 is 0 Å². The van der Waals surface area contributed by atoms with Crippen LogP contribution in [0.15, 0.2) is 0 Å². The zero-order valence-electron chi connectivity index (χ0n) is 11.9. The van der Waals surface area contributed by atoms with Crippen molar-refractivity contribution in [1.82, 2.24) is 0 Å². The fourth-order valence-corrected chi connectivity index (χ4v) is 0.536. The second-order valence-corrected chi connectivity index (χ2v) is 4.05. The Balaban J connectivity index is -0.0000000922. The molecule has 18 heavy (non-hydrogen) atoms. The molecular weight excluding hydrogens is 272 g/mol. The van der Waals surface area contributed by atoms with Gasteiger partial charge in [0, 0.05) is 40.3 Å². The smallest absolute Gasteiger partial charge is 0.310 e. The number of carbonyl (C=O) groups is 2. The van der Waals surface area contributed by atoms with Crippen molar-refractivity contribution >= 4 is 11.8 Å². The minimum absolute atomic E-state index is 0. The predicted octanol–water partition coefficient (Wildman–Crippen LogP) is 1.60. The van der Waals surface area contributed by atoms with Crippen molar-refractivity contribution in [1.29, 1.82) is 0 Å². The number of hydrogen-bond donors (Lipinski definition) is 3. The number of hydrogen-bond acceptors (Lipinski definition) is 4. The summed E-state index contributed by atoms with van der Waals surface area (Å²) in [6.45, 7) is 8.74. The molecule has 0 amide bonds. The van der Waals surface area contributed by atoms with Gasteiger partial charge in [0.2, 0.25) is 0 Å². The summed E-state index contributed by atoms with van der Waals surface area (Å²) in [5.41, 5.74) is 0. The molecule has 0 aromatic rings. The number of aliphatic hydroxyl groups is 2. The van der Waals surface area contributed by atoms with Crippen LogP contribution in [0.3, 0.4) is 0 Å². The molecule has 3 N–H and O–H groups in total. The van der Waals surface area contributed by atoms with Crippen LogP contribution in [0.2, 0.25) is 0 Å². The van der Waals surface area contributed by atoms with E-state index in [0.29, 0.717) is 6.42 Å². The van der Waals surface area contributed by atoms with Gasteiger partial charge in [0.15, 0.2) is 0 Å². The number of aliphatic carboxylic acids is 1. The minimum Gasteiger partial charge on any atom is -0.481 e. The fourth-order valence-electron chi connectivity index (χ4n) is 0.536. The first kappa shape index (κ1) is 26.4. The SMILES string of the molecule is CC(C)O.CC(C)O.CCCC(=O)CC(=O)O.[Ti]. The number of Topliss-reactive ketones (excluding diaryl/α,β-unsaturated/α-hetero) is 1. The number of rotatable bonds is 4. The third kappa shape index (κ3) is 75.0. The summed E-state index contributed by atoms with van der Waals surface area (Å²) in [4.78, 5) is 20.3. The van der Waals surface area contributed by atoms with Gasteiger partial charge in [0.25, 0.3) is 0 Å². The van der Waals surface area contributed by atoms with Gasteiger partial charge in [-0.25, -0.2) is 0 Å². The van der Waals surface area contributed by atoms with Gasteiger partial charge in [-0.1, -0.05) is 6.92 Å². The zero-order chi connectivity index (χ0) is 14.4. The molecule has 108 valence electrons. The topological polar surface area (TPSA) is 94.8 Å². The monoisotopic (exact) mass is 298 g/mol. The first-order valence-corrected chi connectivity index (χ1v) is 5.73. The van der Waals surface area contributed by atoms with E-state index in [9.17, 15) is 9.59 Å². The third-order valence-electron chi connectivity index (χ3n) is 0.877. The van der Waals surface area contributed by atoms with Crippen LogP contribution in [0, 0.1) is 0 Å². The van der Waals surface area contributed by atoms with E-state index < -0.39 is 5.97 Å². The molecule has 0 rings (SSSR count). The van der Waals surface area contributed by atoms with Crippen LogP contribution in [0.4, 0.5) is 0 Å². The molecule has 0 spiro atoms. The van der Waals surface area contributed by atoms with E-state index in [4.69, 9.17) is 15.3 Å². The second-order valence-electron chi connectivity index (χ2n) is 4.05. The largest absolute Gasteiger partial charge is 0.481 e. The fraction of sp³-hybridized carbons (Fsp3) is 0.833. The van der Waals surface area contributed by atoms with Crippen LogP contribution >= 0.6 is 0 Å². The Morgan fingerprint density at radius 2 is 1.28 bits per heavy atom. The third-order valence-corrected chi connectivity index (χ3v) is 0.877. The van der Waals surface area contributed by atoms with E-state index >= 15 is 0 Å². The van der Waals surface area contributed by atoms with Crippen LogP contribution in [0.5, 0.6) is 0 Å². The quantitative estimate of drug-likeness (QED) is 0.541. The van der Waals surface area contributed by atoms with Crippen LogP contribution in [0.1, 0.15) is 53.9 Å². The zero-order valence-corrected chi connectivity index (χ0v) is 13.5. The van der Waals surface area contributed by atoms with Gasteiger partial charge in [-0.15, -0.1) is 0 Å². The first-order chi connectivity index (χ1) is 7.63. The Kier molecular flexibility index (Phi) is 28.0. The maximum absolute atomic E-state index is 10.5. The van der Waals surface area contributed by atoms with Gasteiger partial charge in [0.05, 0.1) is 0 Å². The first-order valence-electron chi connectivity index (χ1n) is 5.73. The van der Waals surface area contributed by atoms with Gasteiger partial charge in [-0.05, 0) is 34.1 Å². The van der Waals surface area contributed by atoms with Crippen molar-refractivity contribution in [3.05, 3.63) is 0 Å². The molecule has 0 saturated carbocycles. The molecule has 6 heteroatoms. The van der Waals surface area contributed by atoms with Gasteiger partial charge < -0.3 is 15.3 Å². The maximum atomic E-state index is 10.5. The molecule has 0 aliphatic rings. The van der Waals surface area contributed by atoms with Crippen molar-refractivity contribution in [2.24, 2.45) is 0 Å². The molecule has 0 aliphatic heterocycles. The van der Waals surface area contributed by atoms with E-state index in [1.807, 2.05) is 6.92 Å². The predicted molar refractivity (Wildman–Crippen MR) is 66.9 cm³/mol. The molecule has 0 heterocycles. The van der Waals surface area contributed by atoms with Crippen molar-refractivity contribution in [2.45, 2.75) is 66.1 Å². The molecule has 0 saturated heterocycles. The summed E-state index contributed by atoms with van der Waals surface area (Å²) >= 11 is 0. The molecule has 0 aliphatic carbocycles. The summed E-state index contributed by atoms with van der Waals surface area (Å²) in [5.74, 6) is -1.22. The number of carboxylic acids is 1. The van der Waals surface area contributed by atoms with Gasteiger partial charge in [-0.2, -0.15) is 0 Å². The molecular formula is C12H26O5Ti. The summed E-state index contributed by atoms with van der Waals surface area (Å²) < 4.78 is 0. The number of ketones is 1. The number of carbonyl (C=O) groups excluding carboxylic acids is 1. The van der Waals surface area contributed by atoms with E-state index in [-0.39, 0.29) is 46.1 Å². The molecule has 0 fully saturated rings. The molecule has 0 atom stereocenters. The average Bonchev–Trinajstić information content (AvgIpc) is 1.99. The Morgan fingerprint density at radius 1 is 1.00 bits per heavy atom. The van der Waals surface area contributed by atoms with Gasteiger partial charge >= 0.3 is 5.97 Å². The standard InChI is InChI=1S/C6H10O3.2C3H8O.Ti/c1-2-3-5(7)4-6(8)9;2*1-3(2)4;/h2-4H2,1H3,(H,8,9);2*3-4H,1-2H3;. The summed E-state index contributed by atoms with van der Waals surface area (Å²) in [6, 6.07) is 0. The molecule has 0 aromatic carbocycles. The molecule has 0 aromatic heterocycles. The Bertz CT molecular complexity index is 181. The molecule has 0 radical (unpaired) electrons. The number of aliphatic hydroxyl groups excluding tert-OH is 2. The minimum atomic E-state index is -1.03. The van der Waals surface area contributed by atoms with Gasteiger partial charge in [-0.3, -0.25) is 9.59 Å². The van der Waals surface area contributed by atoms with Crippen LogP contribution in [-0.4, -0.2) is 39.3 Å². The van der Waals surface area contributed by atoms with E-state index in [1.165, 1.54) is 0 Å². The average molecular weight is 298 g/mol.